The molecule has 8 nitrogen and oxygen atoms in total. The second-order valence-electron chi connectivity index (χ2n) is 8.69. The average Bonchev–Trinajstić information content (AvgIpc) is 3.39. The van der Waals surface area contributed by atoms with E-state index < -0.39 is 6.04 Å². The van der Waals surface area contributed by atoms with Crippen molar-refractivity contribution in [1.82, 2.24) is 14.5 Å². The molecule has 5 rings (SSSR count). The minimum atomic E-state index is -0.553. The monoisotopic (exact) mass is 519 g/mol. The summed E-state index contributed by atoms with van der Waals surface area (Å²) in [6, 6.07) is 18.7. The van der Waals surface area contributed by atoms with Gasteiger partial charge in [-0.2, -0.15) is 0 Å². The highest BCUT2D eigenvalue weighted by atomic mass is 35.5. The fourth-order valence-corrected chi connectivity index (χ4v) is 4.58. The number of fused-ring (bicyclic) bond motifs is 2. The summed E-state index contributed by atoms with van der Waals surface area (Å²) in [5, 5.41) is 1.04. The molecular weight excluding hydrogens is 494 g/mol. The van der Waals surface area contributed by atoms with E-state index in [0.29, 0.717) is 64.1 Å². The maximum atomic E-state index is 13.9. The zero-order valence-electron chi connectivity index (χ0n) is 20.5. The number of rotatable bonds is 8. The van der Waals surface area contributed by atoms with Gasteiger partial charge in [0.25, 0.3) is 11.5 Å². The van der Waals surface area contributed by atoms with Crippen LogP contribution in [0, 0.1) is 0 Å². The Hall–Kier alpha value is -3.88. The van der Waals surface area contributed by atoms with Crippen molar-refractivity contribution in [3.8, 4) is 17.2 Å². The molecule has 0 spiro atoms. The number of halogens is 1. The lowest BCUT2D eigenvalue weighted by Gasteiger charge is -2.31. The Balaban J connectivity index is 1.63. The van der Waals surface area contributed by atoms with E-state index in [0.717, 1.165) is 0 Å². The van der Waals surface area contributed by atoms with Gasteiger partial charge in [0.1, 0.15) is 5.82 Å². The maximum absolute atomic E-state index is 13.9. The molecule has 1 amide bonds. The van der Waals surface area contributed by atoms with Crippen molar-refractivity contribution in [2.24, 2.45) is 0 Å². The molecule has 0 saturated carbocycles. The summed E-state index contributed by atoms with van der Waals surface area (Å²) in [6.45, 7) is 2.87. The standard InChI is InChI=1S/C28H26ClN3O5/c1-18(31(14-5-15-35-2)27(33)19-8-13-24-25(16-19)37-17-36-24)26-30-23-7-4-3-6-22(23)28(34)32(26)21-11-9-20(29)10-12-21/h3-4,6-13,16,18H,5,14-15,17H2,1-2H3. The molecule has 9 heteroatoms. The van der Waals surface area contributed by atoms with Crippen molar-refractivity contribution in [3.05, 3.63) is 93.5 Å². The van der Waals surface area contributed by atoms with Gasteiger partial charge in [-0.3, -0.25) is 14.2 Å². The van der Waals surface area contributed by atoms with Crippen molar-refractivity contribution in [2.75, 3.05) is 27.1 Å². The van der Waals surface area contributed by atoms with Crippen LogP contribution >= 0.6 is 11.6 Å². The van der Waals surface area contributed by atoms with E-state index in [9.17, 15) is 9.59 Å². The smallest absolute Gasteiger partial charge is 0.266 e. The summed E-state index contributed by atoms with van der Waals surface area (Å²) in [7, 11) is 1.62. The Morgan fingerprint density at radius 1 is 1.11 bits per heavy atom. The number of nitrogens with zero attached hydrogens (tertiary/aromatic N) is 3. The highest BCUT2D eigenvalue weighted by Crippen LogP contribution is 2.34. The molecule has 3 aromatic carbocycles. The number of amides is 1. The van der Waals surface area contributed by atoms with Crippen molar-refractivity contribution in [3.63, 3.8) is 0 Å². The molecule has 1 unspecified atom stereocenters. The molecule has 0 aliphatic carbocycles. The number of hydrogen-bond donors (Lipinski definition) is 0. The lowest BCUT2D eigenvalue weighted by atomic mass is 10.1. The summed E-state index contributed by atoms with van der Waals surface area (Å²) in [5.41, 5.74) is 1.41. The number of para-hydroxylation sites is 1. The summed E-state index contributed by atoms with van der Waals surface area (Å²) < 4.78 is 17.7. The minimum absolute atomic E-state index is 0.120. The zero-order valence-corrected chi connectivity index (χ0v) is 21.3. The molecule has 190 valence electrons. The van der Waals surface area contributed by atoms with E-state index in [1.54, 1.807) is 77.2 Å². The van der Waals surface area contributed by atoms with Crippen LogP contribution in [-0.2, 0) is 4.74 Å². The Morgan fingerprint density at radius 3 is 2.65 bits per heavy atom. The fraction of sp³-hybridized carbons (Fsp3) is 0.250. The average molecular weight is 520 g/mol. The van der Waals surface area contributed by atoms with Crippen LogP contribution in [0.1, 0.15) is 35.6 Å². The molecule has 0 fully saturated rings. The molecule has 1 aliphatic heterocycles. The van der Waals surface area contributed by atoms with Gasteiger partial charge in [0.05, 0.1) is 22.6 Å². The van der Waals surface area contributed by atoms with E-state index in [2.05, 4.69) is 0 Å². The summed E-state index contributed by atoms with van der Waals surface area (Å²) >= 11 is 6.12. The summed E-state index contributed by atoms with van der Waals surface area (Å²) in [6.07, 6.45) is 0.607. The van der Waals surface area contributed by atoms with Crippen LogP contribution in [0.15, 0.2) is 71.5 Å². The number of hydrogen-bond acceptors (Lipinski definition) is 6. The second kappa shape index (κ2) is 10.6. The Labute approximate surface area is 219 Å². The van der Waals surface area contributed by atoms with E-state index in [1.807, 2.05) is 13.0 Å². The van der Waals surface area contributed by atoms with Gasteiger partial charge in [0, 0.05) is 30.8 Å². The highest BCUT2D eigenvalue weighted by Gasteiger charge is 2.28. The first kappa shape index (κ1) is 24.8. The van der Waals surface area contributed by atoms with Crippen LogP contribution in [0.5, 0.6) is 11.5 Å². The summed E-state index contributed by atoms with van der Waals surface area (Å²) in [5.74, 6) is 1.35. The number of ether oxygens (including phenoxy) is 3. The lowest BCUT2D eigenvalue weighted by molar-refractivity contribution is 0.0657. The van der Waals surface area contributed by atoms with Crippen LogP contribution in [0.25, 0.3) is 16.6 Å². The van der Waals surface area contributed by atoms with E-state index >= 15 is 0 Å². The molecule has 0 N–H and O–H groups in total. The van der Waals surface area contributed by atoms with Gasteiger partial charge in [-0.25, -0.2) is 4.98 Å². The minimum Gasteiger partial charge on any atom is -0.454 e. The summed E-state index contributed by atoms with van der Waals surface area (Å²) in [4.78, 5) is 34.2. The number of aromatic nitrogens is 2. The molecule has 1 aliphatic rings. The van der Waals surface area contributed by atoms with Gasteiger partial charge < -0.3 is 19.1 Å². The van der Waals surface area contributed by atoms with E-state index in [1.165, 1.54) is 0 Å². The molecule has 37 heavy (non-hydrogen) atoms. The number of carbonyl (C=O) groups is 1. The third-order valence-corrected chi connectivity index (χ3v) is 6.61. The lowest BCUT2D eigenvalue weighted by Crippen LogP contribution is -2.38. The van der Waals surface area contributed by atoms with Crippen LogP contribution in [0.3, 0.4) is 0 Å². The normalized spacial score (nSPS) is 13.1. The maximum Gasteiger partial charge on any atom is 0.266 e. The molecule has 0 saturated heterocycles. The first-order chi connectivity index (χ1) is 18.0. The van der Waals surface area contributed by atoms with Crippen molar-refractivity contribution >= 4 is 28.4 Å². The highest BCUT2D eigenvalue weighted by molar-refractivity contribution is 6.30. The number of benzene rings is 3. The first-order valence-electron chi connectivity index (χ1n) is 11.9. The quantitative estimate of drug-likeness (QED) is 0.304. The fourth-order valence-electron chi connectivity index (χ4n) is 4.45. The molecule has 1 aromatic heterocycles. The van der Waals surface area contributed by atoms with Crippen molar-refractivity contribution in [2.45, 2.75) is 19.4 Å². The zero-order chi connectivity index (χ0) is 25.9. The van der Waals surface area contributed by atoms with Gasteiger partial charge in [-0.15, -0.1) is 0 Å². The van der Waals surface area contributed by atoms with Crippen molar-refractivity contribution < 1.29 is 19.0 Å². The SMILES string of the molecule is COCCCN(C(=O)c1ccc2c(c1)OCO2)C(C)c1nc2ccccc2c(=O)n1-c1ccc(Cl)cc1. The van der Waals surface area contributed by atoms with Crippen LogP contribution < -0.4 is 15.0 Å². The van der Waals surface area contributed by atoms with Crippen LogP contribution in [0.4, 0.5) is 0 Å². The van der Waals surface area contributed by atoms with Gasteiger partial charge in [-0.05, 0) is 67.9 Å². The van der Waals surface area contributed by atoms with Crippen LogP contribution in [-0.4, -0.2) is 47.4 Å². The predicted molar refractivity (Wildman–Crippen MR) is 141 cm³/mol. The van der Waals surface area contributed by atoms with Gasteiger partial charge in [-0.1, -0.05) is 23.7 Å². The topological polar surface area (TPSA) is 82.9 Å². The largest absolute Gasteiger partial charge is 0.454 e. The second-order valence-corrected chi connectivity index (χ2v) is 9.13. The third-order valence-electron chi connectivity index (χ3n) is 6.36. The van der Waals surface area contributed by atoms with Gasteiger partial charge in [0.15, 0.2) is 11.5 Å². The van der Waals surface area contributed by atoms with Gasteiger partial charge >= 0.3 is 0 Å². The van der Waals surface area contributed by atoms with E-state index in [-0.39, 0.29) is 18.3 Å². The van der Waals surface area contributed by atoms with Crippen LogP contribution in [0.2, 0.25) is 5.02 Å². The number of methoxy groups -OCH3 is 1. The Kier molecular flexibility index (Phi) is 7.12. The first-order valence-corrected chi connectivity index (χ1v) is 12.3. The number of carbonyl (C=O) groups excluding carboxylic acids is 1. The molecule has 0 radical (unpaired) electrons. The Morgan fingerprint density at radius 2 is 1.86 bits per heavy atom. The third kappa shape index (κ3) is 4.90. The molecule has 0 bridgehead atoms. The Bertz CT molecular complexity index is 1500. The molecule has 1 atom stereocenters. The molecular formula is C28H26ClN3O5. The van der Waals surface area contributed by atoms with E-state index in [4.69, 9.17) is 30.8 Å². The van der Waals surface area contributed by atoms with Crippen molar-refractivity contribution in [1.29, 1.82) is 0 Å². The molecule has 4 aromatic rings. The predicted octanol–water partition coefficient (Wildman–Crippen LogP) is 5.01. The molecule has 2 heterocycles. The van der Waals surface area contributed by atoms with Gasteiger partial charge in [0.2, 0.25) is 6.79 Å².